The maximum atomic E-state index is 11.3. The molecule has 9 heteroatoms. The second kappa shape index (κ2) is 12.8. The molecular weight excluding hydrogens is 317 g/mol. The van der Waals surface area contributed by atoms with Gasteiger partial charge in [0.05, 0.1) is 5.75 Å². The molecule has 19 heavy (non-hydrogen) atoms. The number of unbranched alkanes of at least 4 members (excludes halogenated alkanes) is 1. The molecule has 0 aliphatic carbocycles. The van der Waals surface area contributed by atoms with Gasteiger partial charge in [-0.05, 0) is 25.0 Å². The smallest absolute Gasteiger partial charge is 0.266 e. The van der Waals surface area contributed by atoms with E-state index in [9.17, 15) is 13.2 Å². The number of amides is 1. The van der Waals surface area contributed by atoms with Crippen LogP contribution in [0.1, 0.15) is 32.1 Å². The second-order valence-corrected chi connectivity index (χ2v) is 6.80. The van der Waals surface area contributed by atoms with Gasteiger partial charge in [0.2, 0.25) is 5.91 Å². The summed E-state index contributed by atoms with van der Waals surface area (Å²) in [5.74, 6) is 0.174. The minimum absolute atomic E-state index is 0. The fourth-order valence-electron chi connectivity index (χ4n) is 1.37. The molecule has 0 heterocycles. The first-order valence-electron chi connectivity index (χ1n) is 5.86. The van der Waals surface area contributed by atoms with Crippen molar-refractivity contribution in [2.24, 2.45) is 0 Å². The van der Waals surface area contributed by atoms with Crippen LogP contribution < -0.4 is 5.32 Å². The number of nitrogens with one attached hydrogen (secondary N) is 1. The van der Waals surface area contributed by atoms with Crippen LogP contribution in [0.3, 0.4) is 0 Å². The molecule has 0 aromatic rings. The monoisotopic (exact) mass is 338 g/mol. The normalized spacial score (nSPS) is 12.6. The molecule has 1 unspecified atom stereocenters. The van der Waals surface area contributed by atoms with Gasteiger partial charge in [0.25, 0.3) is 10.1 Å². The Labute approximate surface area is 148 Å². The van der Waals surface area contributed by atoms with Crippen molar-refractivity contribution < 1.29 is 17.8 Å². The third-order valence-electron chi connectivity index (χ3n) is 2.34. The summed E-state index contributed by atoms with van der Waals surface area (Å²) in [5.41, 5.74) is 0. The largest absolute Gasteiger partial charge is 0.355 e. The molecule has 0 saturated carbocycles. The second-order valence-electron chi connectivity index (χ2n) is 4.05. The average molecular weight is 338 g/mol. The van der Waals surface area contributed by atoms with E-state index >= 15 is 0 Å². The maximum Gasteiger partial charge on any atom is 0.266 e. The summed E-state index contributed by atoms with van der Waals surface area (Å²) in [4.78, 5) is 11.3. The zero-order chi connectivity index (χ0) is 14.0. The Kier molecular flexibility index (Phi) is 15.1. The number of carbonyl (C=O) groups excluding carboxylic acids is 1. The summed E-state index contributed by atoms with van der Waals surface area (Å²) in [6, 6.07) is 0. The number of carbonyl (C=O) groups is 1. The van der Waals surface area contributed by atoms with Gasteiger partial charge in [0.1, 0.15) is 0 Å². The van der Waals surface area contributed by atoms with E-state index < -0.39 is 15.9 Å². The Bertz CT molecular complexity index is 338. The van der Waals surface area contributed by atoms with Crippen molar-refractivity contribution in [1.82, 2.24) is 5.32 Å². The van der Waals surface area contributed by atoms with E-state index in [1.165, 1.54) is 0 Å². The molecule has 1 amide bonds. The molecule has 0 aromatic heterocycles. The van der Waals surface area contributed by atoms with Gasteiger partial charge in [-0.3, -0.25) is 9.35 Å². The molecule has 1 atom stereocenters. The Morgan fingerprint density at radius 1 is 1.26 bits per heavy atom. The van der Waals surface area contributed by atoms with Gasteiger partial charge in [-0.15, -0.1) is 0 Å². The third-order valence-corrected chi connectivity index (χ3v) is 3.83. The minimum Gasteiger partial charge on any atom is -0.355 e. The van der Waals surface area contributed by atoms with Crippen LogP contribution in [0.2, 0.25) is 0 Å². The van der Waals surface area contributed by atoms with Crippen molar-refractivity contribution in [3.63, 3.8) is 0 Å². The van der Waals surface area contributed by atoms with Crippen molar-refractivity contribution in [2.75, 3.05) is 18.1 Å². The van der Waals surface area contributed by atoms with Crippen LogP contribution >= 0.6 is 25.3 Å². The van der Waals surface area contributed by atoms with E-state index in [2.05, 4.69) is 30.6 Å². The molecule has 0 rings (SSSR count). The summed E-state index contributed by atoms with van der Waals surface area (Å²) >= 11 is 8.50. The quantitative estimate of drug-likeness (QED) is 0.205. The molecule has 109 valence electrons. The molecule has 0 bridgehead atoms. The Morgan fingerprint density at radius 2 is 1.89 bits per heavy atom. The van der Waals surface area contributed by atoms with Crippen LogP contribution in [-0.4, -0.2) is 71.7 Å². The van der Waals surface area contributed by atoms with Crippen LogP contribution in [0.25, 0.3) is 0 Å². The molecule has 0 aliphatic rings. The predicted molar refractivity (Wildman–Crippen MR) is 84.9 cm³/mol. The van der Waals surface area contributed by atoms with E-state index in [0.717, 1.165) is 31.4 Å². The number of hydrogen-bond donors (Lipinski definition) is 4. The molecule has 1 radical (unpaired) electrons. The van der Waals surface area contributed by atoms with Gasteiger partial charge in [-0.25, -0.2) is 0 Å². The summed E-state index contributed by atoms with van der Waals surface area (Å²) in [7, 11) is -3.99. The number of rotatable bonds is 10. The maximum absolute atomic E-state index is 11.3. The topological polar surface area (TPSA) is 83.5 Å². The van der Waals surface area contributed by atoms with Crippen molar-refractivity contribution in [3.8, 4) is 0 Å². The van der Waals surface area contributed by atoms with E-state index in [0.29, 0.717) is 11.7 Å². The van der Waals surface area contributed by atoms with Crippen LogP contribution in [0, 0.1) is 0 Å². The summed E-state index contributed by atoms with van der Waals surface area (Å²) in [6.45, 7) is -0.0491. The zero-order valence-corrected chi connectivity index (χ0v) is 15.8. The van der Waals surface area contributed by atoms with Crippen LogP contribution in [-0.2, 0) is 14.9 Å². The molecule has 0 aliphatic heterocycles. The summed E-state index contributed by atoms with van der Waals surface area (Å²) in [5, 5.41) is 2.77. The summed E-state index contributed by atoms with van der Waals surface area (Å²) < 4.78 is 29.3. The zero-order valence-electron chi connectivity index (χ0n) is 11.2. The van der Waals surface area contributed by atoms with Gasteiger partial charge in [-0.2, -0.15) is 33.7 Å². The van der Waals surface area contributed by atoms with Gasteiger partial charge in [-0.1, -0.05) is 6.42 Å². The SMILES string of the molecule is O=C(CCCCC(S)CCS)NCCS(=O)(=O)O.[Na]. The van der Waals surface area contributed by atoms with Gasteiger partial charge in [0, 0.05) is 47.8 Å². The van der Waals surface area contributed by atoms with E-state index in [1.807, 2.05) is 0 Å². The first-order chi connectivity index (χ1) is 8.35. The van der Waals surface area contributed by atoms with Gasteiger partial charge < -0.3 is 5.32 Å². The van der Waals surface area contributed by atoms with Crippen LogP contribution in [0.15, 0.2) is 0 Å². The van der Waals surface area contributed by atoms with Gasteiger partial charge in [0.15, 0.2) is 0 Å². The summed E-state index contributed by atoms with van der Waals surface area (Å²) in [6.07, 6.45) is 3.93. The first kappa shape index (κ1) is 22.4. The Hall–Kier alpha value is 1.08. The standard InChI is InChI=1S/C10H21NO4S3.Na/c12-10(11-6-8-18(13,14)15)4-2-1-3-9(17)5-7-16;/h9,16-17H,1-8H2,(H,11,12)(H,13,14,15);. The van der Waals surface area contributed by atoms with Crippen molar-refractivity contribution in [2.45, 2.75) is 37.4 Å². The molecule has 2 N–H and O–H groups in total. The van der Waals surface area contributed by atoms with Crippen molar-refractivity contribution in [1.29, 1.82) is 0 Å². The molecular formula is C10H21NNaO4S3. The van der Waals surface area contributed by atoms with Crippen LogP contribution in [0.5, 0.6) is 0 Å². The third kappa shape index (κ3) is 17.0. The number of thiol groups is 2. The predicted octanol–water partition coefficient (Wildman–Crippen LogP) is 0.788. The fourth-order valence-corrected chi connectivity index (χ4v) is 2.55. The van der Waals surface area contributed by atoms with Gasteiger partial charge >= 0.3 is 0 Å². The molecule has 0 saturated heterocycles. The minimum atomic E-state index is -3.99. The van der Waals surface area contributed by atoms with E-state index in [1.54, 1.807) is 0 Å². The first-order valence-corrected chi connectivity index (χ1v) is 8.61. The van der Waals surface area contributed by atoms with Crippen molar-refractivity contribution in [3.05, 3.63) is 0 Å². The van der Waals surface area contributed by atoms with Crippen LogP contribution in [0.4, 0.5) is 0 Å². The number of hydrogen-bond acceptors (Lipinski definition) is 5. The fraction of sp³-hybridized carbons (Fsp3) is 0.900. The molecule has 5 nitrogen and oxygen atoms in total. The molecule has 0 aromatic carbocycles. The van der Waals surface area contributed by atoms with Crippen molar-refractivity contribution >= 4 is 70.8 Å². The average Bonchev–Trinajstić information content (AvgIpc) is 2.23. The molecule has 0 spiro atoms. The molecule has 0 fully saturated rings. The van der Waals surface area contributed by atoms with E-state index in [-0.39, 0.29) is 42.0 Å². The Balaban J connectivity index is 0. The van der Waals surface area contributed by atoms with E-state index in [4.69, 9.17) is 4.55 Å². The Morgan fingerprint density at radius 3 is 2.42 bits per heavy atom.